The Labute approximate surface area is 168 Å². The first kappa shape index (κ1) is 18.3. The van der Waals surface area contributed by atoms with Crippen molar-refractivity contribution in [2.75, 3.05) is 5.73 Å². The van der Waals surface area contributed by atoms with Crippen LogP contribution in [0.25, 0.3) is 28.2 Å². The summed E-state index contributed by atoms with van der Waals surface area (Å²) in [5.74, 6) is 2.09. The van der Waals surface area contributed by atoms with Gasteiger partial charge in [0.2, 0.25) is 5.88 Å². The van der Waals surface area contributed by atoms with Gasteiger partial charge in [0.25, 0.3) is 0 Å². The molecule has 0 saturated heterocycles. The lowest BCUT2D eigenvalue weighted by Crippen LogP contribution is -2.07. The molecule has 4 aromatic rings. The lowest BCUT2D eigenvalue weighted by atomic mass is 10.2. The van der Waals surface area contributed by atoms with Crippen LogP contribution in [0.1, 0.15) is 19.4 Å². The van der Waals surface area contributed by atoms with E-state index in [0.29, 0.717) is 29.0 Å². The van der Waals surface area contributed by atoms with Crippen LogP contribution in [0.5, 0.6) is 5.88 Å². The topological polar surface area (TPSA) is 78.9 Å². The minimum atomic E-state index is 0.0257. The smallest absolute Gasteiger partial charge is 0.215 e. The third-order valence-electron chi connectivity index (χ3n) is 4.26. The number of alkyl halides is 1. The van der Waals surface area contributed by atoms with Crippen LogP contribution in [0.15, 0.2) is 54.7 Å². The van der Waals surface area contributed by atoms with Gasteiger partial charge in [0.1, 0.15) is 11.3 Å². The number of imidazole rings is 1. The molecule has 0 fully saturated rings. The maximum absolute atomic E-state index is 6.14. The molecule has 4 rings (SSSR count). The van der Waals surface area contributed by atoms with Gasteiger partial charge < -0.3 is 10.5 Å². The van der Waals surface area contributed by atoms with Gasteiger partial charge in [0, 0.05) is 23.8 Å². The summed E-state index contributed by atoms with van der Waals surface area (Å²) in [6.07, 6.45) is 1.69. The molecule has 6 nitrogen and oxygen atoms in total. The lowest BCUT2D eigenvalue weighted by Gasteiger charge is -2.12. The number of nitrogens with two attached hydrogens (primary N) is 1. The Hall–Kier alpha value is -3.12. The number of anilines is 1. The summed E-state index contributed by atoms with van der Waals surface area (Å²) in [6, 6.07) is 15.4. The summed E-state index contributed by atoms with van der Waals surface area (Å²) < 4.78 is 7.75. The second-order valence-corrected chi connectivity index (χ2v) is 6.93. The highest BCUT2D eigenvalue weighted by Crippen LogP contribution is 2.31. The molecule has 1 aromatic carbocycles. The van der Waals surface area contributed by atoms with E-state index in [4.69, 9.17) is 32.0 Å². The molecular weight excluding hydrogens is 374 g/mol. The van der Waals surface area contributed by atoms with Crippen LogP contribution in [0.3, 0.4) is 0 Å². The fourth-order valence-electron chi connectivity index (χ4n) is 3.01. The highest BCUT2D eigenvalue weighted by molar-refractivity contribution is 6.17. The van der Waals surface area contributed by atoms with Crippen molar-refractivity contribution in [2.45, 2.75) is 25.8 Å². The van der Waals surface area contributed by atoms with Crippen molar-refractivity contribution in [1.29, 1.82) is 0 Å². The molecule has 2 N–H and O–H groups in total. The monoisotopic (exact) mass is 393 g/mol. The number of halogens is 1. The average Bonchev–Trinajstić information content (AvgIpc) is 3.06. The molecule has 0 aliphatic rings. The van der Waals surface area contributed by atoms with Gasteiger partial charge in [0.15, 0.2) is 11.5 Å². The third kappa shape index (κ3) is 3.39. The highest BCUT2D eigenvalue weighted by atomic mass is 35.5. The zero-order valence-electron chi connectivity index (χ0n) is 15.6. The van der Waals surface area contributed by atoms with E-state index in [1.54, 1.807) is 6.20 Å². The number of benzene rings is 1. The number of aromatic nitrogens is 4. The Morgan fingerprint density at radius 3 is 2.54 bits per heavy atom. The summed E-state index contributed by atoms with van der Waals surface area (Å²) >= 11 is 5.94. The minimum Gasteiger partial charge on any atom is -0.475 e. The van der Waals surface area contributed by atoms with Gasteiger partial charge in [-0.3, -0.25) is 4.57 Å². The Morgan fingerprint density at radius 1 is 1.07 bits per heavy atom. The SMILES string of the molecule is CC(C)Oc1ccc2nc(-c3cccnc3N)n(-c3ccc(CCl)cc3)c2n1. The molecule has 0 bridgehead atoms. The molecule has 3 aromatic heterocycles. The zero-order valence-corrected chi connectivity index (χ0v) is 16.4. The number of rotatable bonds is 5. The molecule has 0 spiro atoms. The van der Waals surface area contributed by atoms with Crippen molar-refractivity contribution >= 4 is 28.6 Å². The van der Waals surface area contributed by atoms with Crippen molar-refractivity contribution in [2.24, 2.45) is 0 Å². The van der Waals surface area contributed by atoms with E-state index >= 15 is 0 Å². The van der Waals surface area contributed by atoms with Crippen LogP contribution in [-0.4, -0.2) is 25.6 Å². The van der Waals surface area contributed by atoms with Gasteiger partial charge in [-0.15, -0.1) is 11.6 Å². The van der Waals surface area contributed by atoms with Gasteiger partial charge in [-0.05, 0) is 49.7 Å². The molecule has 7 heteroatoms. The van der Waals surface area contributed by atoms with Crippen LogP contribution in [-0.2, 0) is 5.88 Å². The lowest BCUT2D eigenvalue weighted by molar-refractivity contribution is 0.233. The molecule has 0 unspecified atom stereocenters. The van der Waals surface area contributed by atoms with Gasteiger partial charge in [-0.2, -0.15) is 4.98 Å². The van der Waals surface area contributed by atoms with Crippen molar-refractivity contribution in [3.8, 4) is 23.0 Å². The highest BCUT2D eigenvalue weighted by Gasteiger charge is 2.18. The maximum Gasteiger partial charge on any atom is 0.215 e. The Morgan fingerprint density at radius 2 is 1.86 bits per heavy atom. The normalized spacial score (nSPS) is 11.3. The number of ether oxygens (including phenoxy) is 1. The van der Waals surface area contributed by atoms with Gasteiger partial charge in [-0.1, -0.05) is 12.1 Å². The number of nitrogens with zero attached hydrogens (tertiary/aromatic N) is 4. The largest absolute Gasteiger partial charge is 0.475 e. The summed E-state index contributed by atoms with van der Waals surface area (Å²) in [5.41, 5.74) is 10.3. The minimum absolute atomic E-state index is 0.0257. The first-order chi connectivity index (χ1) is 13.6. The predicted octanol–water partition coefficient (Wildman–Crippen LogP) is 4.59. The molecular formula is C21H20ClN5O. The van der Waals surface area contributed by atoms with E-state index in [2.05, 4.69) is 4.98 Å². The average molecular weight is 394 g/mol. The molecule has 3 heterocycles. The standard InChI is InChI=1S/C21H20ClN5O/c1-13(2)28-18-10-9-17-21(26-18)27(15-7-5-14(12-22)6-8-15)20(25-17)16-4-3-11-24-19(16)23/h3-11,13H,12H2,1-2H3,(H2,23,24). The zero-order chi connectivity index (χ0) is 19.7. The Bertz CT molecular complexity index is 1120. The summed E-state index contributed by atoms with van der Waals surface area (Å²) in [4.78, 5) is 13.7. The number of nitrogen functional groups attached to an aromatic ring is 1. The van der Waals surface area contributed by atoms with Crippen LogP contribution < -0.4 is 10.5 Å². The summed E-state index contributed by atoms with van der Waals surface area (Å²) in [5, 5.41) is 0. The fraction of sp³-hybridized carbons (Fsp3) is 0.190. The van der Waals surface area contributed by atoms with Gasteiger partial charge in [0.05, 0.1) is 11.7 Å². The first-order valence-corrected chi connectivity index (χ1v) is 9.52. The van der Waals surface area contributed by atoms with Gasteiger partial charge in [-0.25, -0.2) is 9.97 Å². The summed E-state index contributed by atoms with van der Waals surface area (Å²) in [7, 11) is 0. The van der Waals surface area contributed by atoms with Crippen LogP contribution in [0.4, 0.5) is 5.82 Å². The number of hydrogen-bond acceptors (Lipinski definition) is 5. The summed E-state index contributed by atoms with van der Waals surface area (Å²) in [6.45, 7) is 3.94. The number of hydrogen-bond donors (Lipinski definition) is 1. The maximum atomic E-state index is 6.14. The number of pyridine rings is 2. The molecule has 0 aliphatic carbocycles. The van der Waals surface area contributed by atoms with Crippen molar-refractivity contribution in [3.05, 3.63) is 60.3 Å². The third-order valence-corrected chi connectivity index (χ3v) is 4.57. The van der Waals surface area contributed by atoms with E-state index in [0.717, 1.165) is 22.3 Å². The van der Waals surface area contributed by atoms with E-state index < -0.39 is 0 Å². The van der Waals surface area contributed by atoms with Crippen molar-refractivity contribution in [3.63, 3.8) is 0 Å². The first-order valence-electron chi connectivity index (χ1n) is 8.99. The van der Waals surface area contributed by atoms with Crippen LogP contribution in [0.2, 0.25) is 0 Å². The fourth-order valence-corrected chi connectivity index (χ4v) is 3.19. The van der Waals surface area contributed by atoms with Crippen molar-refractivity contribution in [1.82, 2.24) is 19.5 Å². The van der Waals surface area contributed by atoms with Crippen molar-refractivity contribution < 1.29 is 4.74 Å². The van der Waals surface area contributed by atoms with E-state index in [9.17, 15) is 0 Å². The quantitative estimate of drug-likeness (QED) is 0.501. The second kappa shape index (κ2) is 7.48. The van der Waals surface area contributed by atoms with Crippen LogP contribution >= 0.6 is 11.6 Å². The Balaban J connectivity index is 1.98. The predicted molar refractivity (Wildman–Crippen MR) is 112 cm³/mol. The molecule has 0 amide bonds. The Kier molecular flexibility index (Phi) is 4.88. The molecule has 0 radical (unpaired) electrons. The molecule has 28 heavy (non-hydrogen) atoms. The van der Waals surface area contributed by atoms with E-state index in [1.807, 2.05) is 66.9 Å². The molecule has 142 valence electrons. The number of fused-ring (bicyclic) bond motifs is 1. The molecule has 0 saturated carbocycles. The van der Waals surface area contributed by atoms with E-state index in [-0.39, 0.29) is 6.10 Å². The second-order valence-electron chi connectivity index (χ2n) is 6.67. The van der Waals surface area contributed by atoms with Gasteiger partial charge >= 0.3 is 0 Å². The molecule has 0 atom stereocenters. The van der Waals surface area contributed by atoms with E-state index in [1.165, 1.54) is 0 Å². The molecule has 0 aliphatic heterocycles. The van der Waals surface area contributed by atoms with Crippen LogP contribution in [0, 0.1) is 0 Å².